The Hall–Kier alpha value is -3.07. The van der Waals surface area contributed by atoms with E-state index < -0.39 is 4.92 Å². The van der Waals surface area contributed by atoms with Gasteiger partial charge in [-0.05, 0) is 23.8 Å². The Morgan fingerprint density at radius 1 is 1.20 bits per heavy atom. The predicted octanol–water partition coefficient (Wildman–Crippen LogP) is 2.99. The van der Waals surface area contributed by atoms with E-state index in [9.17, 15) is 10.1 Å². The number of anilines is 3. The first kappa shape index (κ1) is 13.4. The fraction of sp³-hybridized carbons (Fsp3) is 0.0714. The van der Waals surface area contributed by atoms with Crippen LogP contribution in [0.5, 0.6) is 0 Å². The molecule has 0 heterocycles. The van der Waals surface area contributed by atoms with Crippen molar-refractivity contribution in [1.82, 2.24) is 0 Å². The predicted molar refractivity (Wildman–Crippen MR) is 76.6 cm³/mol. The highest BCUT2D eigenvalue weighted by molar-refractivity contribution is 5.67. The second-order valence-corrected chi connectivity index (χ2v) is 4.23. The number of nitrogens with one attached hydrogen (secondary N) is 1. The van der Waals surface area contributed by atoms with Crippen LogP contribution in [0.15, 0.2) is 42.5 Å². The lowest BCUT2D eigenvalue weighted by Gasteiger charge is -2.07. The molecular weight excluding hydrogens is 256 g/mol. The molecule has 0 aromatic heterocycles. The van der Waals surface area contributed by atoms with Gasteiger partial charge in [-0.2, -0.15) is 5.26 Å². The van der Waals surface area contributed by atoms with Gasteiger partial charge < -0.3 is 11.1 Å². The molecule has 0 aliphatic heterocycles. The maximum atomic E-state index is 10.8. The number of hydrogen-bond acceptors (Lipinski definition) is 5. The summed E-state index contributed by atoms with van der Waals surface area (Å²) >= 11 is 0. The second kappa shape index (κ2) is 5.71. The van der Waals surface area contributed by atoms with Crippen LogP contribution in [0, 0.1) is 21.4 Å². The molecule has 0 saturated heterocycles. The summed E-state index contributed by atoms with van der Waals surface area (Å²) in [7, 11) is 0. The molecule has 2 aromatic rings. The Bertz CT molecular complexity index is 675. The largest absolute Gasteiger partial charge is 0.398 e. The molecule has 0 unspecified atom stereocenters. The maximum Gasteiger partial charge on any atom is 0.273 e. The van der Waals surface area contributed by atoms with Crippen LogP contribution in [0.2, 0.25) is 0 Å². The molecule has 0 aliphatic rings. The summed E-state index contributed by atoms with van der Waals surface area (Å²) in [6, 6.07) is 13.7. The van der Waals surface area contributed by atoms with Gasteiger partial charge in [-0.3, -0.25) is 10.1 Å². The minimum atomic E-state index is -0.489. The second-order valence-electron chi connectivity index (χ2n) is 4.23. The van der Waals surface area contributed by atoms with Crippen molar-refractivity contribution in [1.29, 1.82) is 5.26 Å². The van der Waals surface area contributed by atoms with Gasteiger partial charge in [0.05, 0.1) is 17.4 Å². The minimum absolute atomic E-state index is 0.0615. The van der Waals surface area contributed by atoms with E-state index in [-0.39, 0.29) is 5.69 Å². The quantitative estimate of drug-likeness (QED) is 0.503. The van der Waals surface area contributed by atoms with Crippen LogP contribution in [-0.2, 0) is 6.42 Å². The fourth-order valence-electron chi connectivity index (χ4n) is 1.78. The van der Waals surface area contributed by atoms with Crippen molar-refractivity contribution in [2.75, 3.05) is 11.1 Å². The molecule has 0 fully saturated rings. The Balaban J connectivity index is 2.21. The summed E-state index contributed by atoms with van der Waals surface area (Å²) < 4.78 is 0. The first-order valence-corrected chi connectivity index (χ1v) is 5.86. The van der Waals surface area contributed by atoms with Crippen molar-refractivity contribution in [3.63, 3.8) is 0 Å². The van der Waals surface area contributed by atoms with Crippen LogP contribution >= 0.6 is 0 Å². The topological polar surface area (TPSA) is 105 Å². The number of nitro benzene ring substituents is 1. The molecule has 0 amide bonds. The summed E-state index contributed by atoms with van der Waals surface area (Å²) in [6.45, 7) is 0. The number of rotatable bonds is 4. The highest BCUT2D eigenvalue weighted by Gasteiger charge is 2.08. The summed E-state index contributed by atoms with van der Waals surface area (Å²) in [6.07, 6.45) is 0.351. The molecule has 0 bridgehead atoms. The Morgan fingerprint density at radius 2 is 1.90 bits per heavy atom. The molecule has 2 rings (SSSR count). The van der Waals surface area contributed by atoms with Crippen LogP contribution in [0.25, 0.3) is 0 Å². The molecule has 0 spiro atoms. The van der Waals surface area contributed by atoms with E-state index in [2.05, 4.69) is 11.4 Å². The summed E-state index contributed by atoms with van der Waals surface area (Å²) in [5, 5.41) is 22.4. The van der Waals surface area contributed by atoms with Gasteiger partial charge in [0.1, 0.15) is 0 Å². The summed E-state index contributed by atoms with van der Waals surface area (Å²) in [4.78, 5) is 10.3. The molecule has 6 nitrogen and oxygen atoms in total. The average Bonchev–Trinajstić information content (AvgIpc) is 2.40. The van der Waals surface area contributed by atoms with Gasteiger partial charge in [0.15, 0.2) is 0 Å². The van der Waals surface area contributed by atoms with Gasteiger partial charge in [0.2, 0.25) is 0 Å². The zero-order valence-corrected chi connectivity index (χ0v) is 10.5. The average molecular weight is 268 g/mol. The van der Waals surface area contributed by atoms with Crippen molar-refractivity contribution < 1.29 is 4.92 Å². The van der Waals surface area contributed by atoms with Crippen LogP contribution in [0.4, 0.5) is 22.7 Å². The van der Waals surface area contributed by atoms with Crippen molar-refractivity contribution in [2.45, 2.75) is 6.42 Å². The molecule has 2 aromatic carbocycles. The minimum Gasteiger partial charge on any atom is -0.398 e. The highest BCUT2D eigenvalue weighted by atomic mass is 16.6. The van der Waals surface area contributed by atoms with Gasteiger partial charge in [-0.15, -0.1) is 0 Å². The third kappa shape index (κ3) is 3.23. The molecule has 0 aliphatic carbocycles. The number of benzene rings is 2. The summed E-state index contributed by atoms with van der Waals surface area (Å²) in [5.74, 6) is 0. The highest BCUT2D eigenvalue weighted by Crippen LogP contribution is 2.25. The van der Waals surface area contributed by atoms with Gasteiger partial charge in [-0.25, -0.2) is 0 Å². The van der Waals surface area contributed by atoms with E-state index in [1.165, 1.54) is 12.1 Å². The lowest BCUT2D eigenvalue weighted by Crippen LogP contribution is -1.96. The Morgan fingerprint density at radius 3 is 2.50 bits per heavy atom. The molecule has 0 radical (unpaired) electrons. The van der Waals surface area contributed by atoms with Crippen molar-refractivity contribution in [3.8, 4) is 6.07 Å². The zero-order valence-electron chi connectivity index (χ0n) is 10.5. The van der Waals surface area contributed by atoms with E-state index in [0.717, 1.165) is 11.3 Å². The summed E-state index contributed by atoms with van der Waals surface area (Å²) in [5.41, 5.74) is 8.12. The number of non-ortho nitro benzene ring substituents is 1. The number of nitro groups is 1. The van der Waals surface area contributed by atoms with Crippen LogP contribution in [0.3, 0.4) is 0 Å². The molecule has 20 heavy (non-hydrogen) atoms. The van der Waals surface area contributed by atoms with Crippen molar-refractivity contribution in [2.24, 2.45) is 0 Å². The first-order chi connectivity index (χ1) is 9.58. The lowest BCUT2D eigenvalue weighted by atomic mass is 10.1. The van der Waals surface area contributed by atoms with Crippen molar-refractivity contribution >= 4 is 22.7 Å². The van der Waals surface area contributed by atoms with Gasteiger partial charge >= 0.3 is 0 Å². The number of nitrogens with two attached hydrogens (primary N) is 1. The van der Waals surface area contributed by atoms with Crippen molar-refractivity contribution in [3.05, 3.63) is 58.1 Å². The standard InChI is InChI=1S/C14H12N4O2/c15-6-5-10-1-3-12(4-2-10)17-13-7-11(16)8-14(9-13)18(19)20/h1-4,7-9,17H,5,16H2. The third-order valence-electron chi connectivity index (χ3n) is 2.68. The SMILES string of the molecule is N#CCc1ccc(Nc2cc(N)cc([N+](=O)[O-])c2)cc1. The molecule has 0 saturated carbocycles. The van der Waals surface area contributed by atoms with E-state index in [0.29, 0.717) is 17.8 Å². The van der Waals surface area contributed by atoms with Gasteiger partial charge in [0, 0.05) is 29.2 Å². The van der Waals surface area contributed by atoms with E-state index >= 15 is 0 Å². The Kier molecular flexibility index (Phi) is 3.82. The molecule has 0 atom stereocenters. The molecular formula is C14H12N4O2. The monoisotopic (exact) mass is 268 g/mol. The maximum absolute atomic E-state index is 10.8. The smallest absolute Gasteiger partial charge is 0.273 e. The zero-order chi connectivity index (χ0) is 14.5. The van der Waals surface area contributed by atoms with Gasteiger partial charge in [-0.1, -0.05) is 12.1 Å². The first-order valence-electron chi connectivity index (χ1n) is 5.86. The molecule has 3 N–H and O–H groups in total. The molecule has 6 heteroatoms. The molecule has 100 valence electrons. The van der Waals surface area contributed by atoms with Gasteiger partial charge in [0.25, 0.3) is 5.69 Å². The number of nitriles is 1. The van der Waals surface area contributed by atoms with E-state index in [1.54, 1.807) is 6.07 Å². The number of nitrogen functional groups attached to an aromatic ring is 1. The van der Waals surface area contributed by atoms with E-state index in [4.69, 9.17) is 11.0 Å². The number of hydrogen-bond donors (Lipinski definition) is 2. The number of nitrogens with zero attached hydrogens (tertiary/aromatic N) is 2. The van der Waals surface area contributed by atoms with E-state index in [1.807, 2.05) is 24.3 Å². The Labute approximate surface area is 115 Å². The lowest BCUT2D eigenvalue weighted by molar-refractivity contribution is -0.384. The fourth-order valence-corrected chi connectivity index (χ4v) is 1.78. The normalized spacial score (nSPS) is 9.75. The van der Waals surface area contributed by atoms with Crippen LogP contribution in [0.1, 0.15) is 5.56 Å². The van der Waals surface area contributed by atoms with Crippen LogP contribution < -0.4 is 11.1 Å². The third-order valence-corrected chi connectivity index (χ3v) is 2.68. The van der Waals surface area contributed by atoms with Crippen LogP contribution in [-0.4, -0.2) is 4.92 Å².